The average Bonchev–Trinajstić information content (AvgIpc) is 3.29. The minimum absolute atomic E-state index is 0.274. The largest absolute Gasteiger partial charge is 0.492 e. The SMILES string of the molecule is CCOC1=CN/C(=C2\C(=N)NN=C2C)C(c2ccc(N3CC4CC(C3)N4Cc3ccc(OC)nc3)nc2)=C1. The molecule has 7 heterocycles. The molecule has 196 valence electrons. The van der Waals surface area contributed by atoms with E-state index in [1.165, 1.54) is 12.0 Å². The summed E-state index contributed by atoms with van der Waals surface area (Å²) in [4.78, 5) is 14.2. The summed E-state index contributed by atoms with van der Waals surface area (Å²) in [5, 5.41) is 15.9. The molecule has 2 unspecified atom stereocenters. The van der Waals surface area contributed by atoms with Crippen LogP contribution in [0.25, 0.3) is 5.57 Å². The van der Waals surface area contributed by atoms with Gasteiger partial charge in [-0.25, -0.2) is 9.97 Å². The van der Waals surface area contributed by atoms with E-state index in [0.29, 0.717) is 24.6 Å². The Hall–Kier alpha value is -4.18. The molecule has 38 heavy (non-hydrogen) atoms. The number of hydrogen-bond donors (Lipinski definition) is 3. The Morgan fingerprint density at radius 1 is 1.11 bits per heavy atom. The zero-order valence-electron chi connectivity index (χ0n) is 21.9. The fourth-order valence-corrected chi connectivity index (χ4v) is 5.60. The summed E-state index contributed by atoms with van der Waals surface area (Å²) in [7, 11) is 1.64. The molecule has 2 atom stereocenters. The van der Waals surface area contributed by atoms with Crippen molar-refractivity contribution in [1.82, 2.24) is 25.6 Å². The molecule has 0 radical (unpaired) electrons. The molecule has 0 saturated carbocycles. The molecule has 2 aromatic rings. The number of hydrazone groups is 1. The first-order chi connectivity index (χ1) is 18.5. The van der Waals surface area contributed by atoms with Crippen molar-refractivity contribution in [2.45, 2.75) is 38.9 Å². The van der Waals surface area contributed by atoms with Gasteiger partial charge in [0.2, 0.25) is 5.88 Å². The smallest absolute Gasteiger partial charge is 0.212 e. The first-order valence-corrected chi connectivity index (χ1v) is 13.0. The number of piperazine rings is 1. The van der Waals surface area contributed by atoms with Crippen LogP contribution in [0.5, 0.6) is 5.88 Å². The van der Waals surface area contributed by atoms with Crippen LogP contribution in [0.3, 0.4) is 0 Å². The van der Waals surface area contributed by atoms with Gasteiger partial charge >= 0.3 is 0 Å². The highest BCUT2D eigenvalue weighted by atomic mass is 16.5. The molecule has 3 N–H and O–H groups in total. The van der Waals surface area contributed by atoms with Crippen molar-refractivity contribution in [2.24, 2.45) is 5.10 Å². The summed E-state index contributed by atoms with van der Waals surface area (Å²) in [6.45, 7) is 7.26. The van der Waals surface area contributed by atoms with Crippen LogP contribution in [0.1, 0.15) is 31.4 Å². The molecule has 2 aromatic heterocycles. The second-order valence-electron chi connectivity index (χ2n) is 9.85. The van der Waals surface area contributed by atoms with Crippen LogP contribution in [0.15, 0.2) is 71.1 Å². The highest BCUT2D eigenvalue weighted by molar-refractivity contribution is 6.27. The number of nitrogens with zero attached hydrogens (tertiary/aromatic N) is 5. The molecule has 10 nitrogen and oxygen atoms in total. The maximum Gasteiger partial charge on any atom is 0.212 e. The van der Waals surface area contributed by atoms with Gasteiger partial charge < -0.3 is 19.7 Å². The van der Waals surface area contributed by atoms with E-state index >= 15 is 0 Å². The summed E-state index contributed by atoms with van der Waals surface area (Å²) in [5.41, 5.74) is 8.19. The number of methoxy groups -OCH3 is 1. The minimum atomic E-state index is 0.274. The average molecular weight is 513 g/mol. The number of aromatic nitrogens is 2. The van der Waals surface area contributed by atoms with Gasteiger partial charge in [0, 0.05) is 67.5 Å². The normalized spacial score (nSPS) is 24.6. The molecular formula is C28H32N8O2. The van der Waals surface area contributed by atoms with Crippen LogP contribution in [-0.4, -0.2) is 65.3 Å². The van der Waals surface area contributed by atoms with E-state index in [-0.39, 0.29) is 5.84 Å². The predicted molar refractivity (Wildman–Crippen MR) is 147 cm³/mol. The standard InChI is InChI=1S/C28H32N8O2/c1-4-38-22-10-23(27(32-13-22)26-17(2)33-34-28(26)29)19-6-7-24(30-12-19)35-15-20-9-21(16-35)36(20)14-18-5-8-25(37-3)31-11-18/h5-8,10-13,20-21,32H,4,9,14-16H2,1-3H3,(H2,29,34)/b27-26-. The summed E-state index contributed by atoms with van der Waals surface area (Å²) < 4.78 is 10.9. The van der Waals surface area contributed by atoms with Gasteiger partial charge in [-0.15, -0.1) is 0 Å². The third-order valence-electron chi connectivity index (χ3n) is 7.52. The van der Waals surface area contributed by atoms with Gasteiger partial charge in [-0.05, 0) is 44.0 Å². The molecular weight excluding hydrogens is 480 g/mol. The van der Waals surface area contributed by atoms with Crippen molar-refractivity contribution in [3.8, 4) is 5.88 Å². The highest BCUT2D eigenvalue weighted by Gasteiger charge is 2.44. The van der Waals surface area contributed by atoms with E-state index < -0.39 is 0 Å². The summed E-state index contributed by atoms with van der Waals surface area (Å²) in [6.07, 6.45) is 8.87. The fraction of sp³-hybridized carbons (Fsp3) is 0.357. The maximum absolute atomic E-state index is 8.31. The number of hydrogen-bond acceptors (Lipinski definition) is 9. The van der Waals surface area contributed by atoms with E-state index in [0.717, 1.165) is 59.3 Å². The van der Waals surface area contributed by atoms with Crippen molar-refractivity contribution >= 4 is 22.9 Å². The van der Waals surface area contributed by atoms with Crippen LogP contribution < -0.4 is 20.4 Å². The quantitative estimate of drug-likeness (QED) is 0.519. The number of piperidine rings is 1. The number of allylic oxidation sites excluding steroid dienone is 2. The molecule has 0 aliphatic carbocycles. The van der Waals surface area contributed by atoms with Gasteiger partial charge in [-0.2, -0.15) is 5.10 Å². The zero-order chi connectivity index (χ0) is 26.2. The Labute approximate surface area is 222 Å². The lowest BCUT2D eigenvalue weighted by molar-refractivity contribution is -0.00877. The van der Waals surface area contributed by atoms with E-state index in [1.807, 2.05) is 44.6 Å². The number of nitrogens with one attached hydrogen (secondary N) is 3. The molecule has 0 spiro atoms. The van der Waals surface area contributed by atoms with Crippen LogP contribution in [0.2, 0.25) is 0 Å². The molecule has 3 saturated heterocycles. The second-order valence-corrected chi connectivity index (χ2v) is 9.85. The Morgan fingerprint density at radius 2 is 1.95 bits per heavy atom. The third kappa shape index (κ3) is 4.41. The number of fused-ring (bicyclic) bond motifs is 2. The van der Waals surface area contributed by atoms with E-state index in [2.05, 4.69) is 48.8 Å². The van der Waals surface area contributed by atoms with E-state index in [9.17, 15) is 0 Å². The molecule has 0 aromatic carbocycles. The van der Waals surface area contributed by atoms with Crippen LogP contribution in [0, 0.1) is 5.41 Å². The molecule has 0 amide bonds. The van der Waals surface area contributed by atoms with Gasteiger partial charge in [0.05, 0.1) is 30.7 Å². The molecule has 3 fully saturated rings. The Morgan fingerprint density at radius 3 is 2.58 bits per heavy atom. The minimum Gasteiger partial charge on any atom is -0.492 e. The number of ether oxygens (including phenoxy) is 2. The lowest BCUT2D eigenvalue weighted by Crippen LogP contribution is -2.68. The molecule has 2 bridgehead atoms. The predicted octanol–water partition coefficient (Wildman–Crippen LogP) is 3.02. The summed E-state index contributed by atoms with van der Waals surface area (Å²) >= 11 is 0. The van der Waals surface area contributed by atoms with Gasteiger partial charge in [0.15, 0.2) is 0 Å². The van der Waals surface area contributed by atoms with Crippen molar-refractivity contribution in [1.29, 1.82) is 5.41 Å². The lowest BCUT2D eigenvalue weighted by Gasteiger charge is -2.56. The van der Waals surface area contributed by atoms with Gasteiger partial charge in [0.25, 0.3) is 0 Å². The summed E-state index contributed by atoms with van der Waals surface area (Å²) in [5.74, 6) is 2.65. The fourth-order valence-electron chi connectivity index (χ4n) is 5.60. The highest BCUT2D eigenvalue weighted by Crippen LogP contribution is 2.36. The Kier molecular flexibility index (Phi) is 6.32. The monoisotopic (exact) mass is 512 g/mol. The van der Waals surface area contributed by atoms with Gasteiger partial charge in [-0.1, -0.05) is 6.07 Å². The molecule has 10 heteroatoms. The molecule has 5 aliphatic heterocycles. The first-order valence-electron chi connectivity index (χ1n) is 13.0. The number of pyridine rings is 2. The van der Waals surface area contributed by atoms with Crippen LogP contribution in [0.4, 0.5) is 5.82 Å². The van der Waals surface area contributed by atoms with Gasteiger partial charge in [-0.3, -0.25) is 15.7 Å². The number of rotatable bonds is 7. The maximum atomic E-state index is 8.31. The van der Waals surface area contributed by atoms with E-state index in [4.69, 9.17) is 19.9 Å². The number of anilines is 1. The first kappa shape index (κ1) is 24.2. The number of dihydropyridines is 1. The Bertz CT molecular complexity index is 1350. The van der Waals surface area contributed by atoms with Crippen LogP contribution >= 0.6 is 0 Å². The lowest BCUT2D eigenvalue weighted by atomic mass is 9.87. The van der Waals surface area contributed by atoms with Crippen molar-refractivity contribution in [3.63, 3.8) is 0 Å². The summed E-state index contributed by atoms with van der Waals surface area (Å²) in [6, 6.07) is 9.25. The van der Waals surface area contributed by atoms with Crippen molar-refractivity contribution in [3.05, 3.63) is 77.1 Å². The zero-order valence-corrected chi connectivity index (χ0v) is 21.9. The van der Waals surface area contributed by atoms with Crippen LogP contribution in [-0.2, 0) is 11.3 Å². The number of amidine groups is 1. The third-order valence-corrected chi connectivity index (χ3v) is 7.52. The molecule has 5 aliphatic rings. The van der Waals surface area contributed by atoms with E-state index in [1.54, 1.807) is 7.11 Å². The second kappa shape index (κ2) is 9.94. The topological polar surface area (TPSA) is 111 Å². The Balaban J connectivity index is 1.18. The molecule has 7 rings (SSSR count). The van der Waals surface area contributed by atoms with Crippen molar-refractivity contribution in [2.75, 3.05) is 31.7 Å². The van der Waals surface area contributed by atoms with Crippen molar-refractivity contribution < 1.29 is 9.47 Å². The van der Waals surface area contributed by atoms with Gasteiger partial charge in [0.1, 0.15) is 17.4 Å².